The number of hydrogen-bond donors (Lipinski definition) is 1. The van der Waals surface area contributed by atoms with E-state index in [1.165, 1.54) is 25.0 Å². The zero-order valence-electron chi connectivity index (χ0n) is 10.6. The van der Waals surface area contributed by atoms with Crippen LogP contribution in [0.1, 0.15) is 38.2 Å². The molecule has 1 fully saturated rings. The molecule has 0 aliphatic carbocycles. The molecule has 0 saturated carbocycles. The van der Waals surface area contributed by atoms with Gasteiger partial charge in [0.15, 0.2) is 17.4 Å². The van der Waals surface area contributed by atoms with Crippen LogP contribution >= 0.6 is 0 Å². The zero-order chi connectivity index (χ0) is 13.1. The van der Waals surface area contributed by atoms with Gasteiger partial charge in [0, 0.05) is 12.6 Å². The second-order valence-corrected chi connectivity index (χ2v) is 5.08. The van der Waals surface area contributed by atoms with Crippen molar-refractivity contribution in [2.24, 2.45) is 0 Å². The Labute approximate surface area is 106 Å². The molecule has 0 aromatic heterocycles. The van der Waals surface area contributed by atoms with Gasteiger partial charge in [-0.25, -0.2) is 8.78 Å². The fraction of sp³-hybridized carbons (Fsp3) is 0.571. The maximum atomic E-state index is 13.3. The third kappa shape index (κ3) is 2.99. The molecule has 1 aliphatic rings. The topological polar surface area (TPSA) is 23.5 Å². The number of benzene rings is 1. The van der Waals surface area contributed by atoms with Crippen LogP contribution in [0.4, 0.5) is 8.78 Å². The van der Waals surface area contributed by atoms with Crippen molar-refractivity contribution >= 4 is 0 Å². The van der Waals surface area contributed by atoms with Gasteiger partial charge in [0.1, 0.15) is 0 Å². The molecule has 1 aromatic carbocycles. The average molecular weight is 255 g/mol. The first kappa shape index (κ1) is 13.3. The molecule has 1 N–H and O–H groups in total. The van der Waals surface area contributed by atoms with E-state index < -0.39 is 17.4 Å². The maximum Gasteiger partial charge on any atom is 0.187 e. The van der Waals surface area contributed by atoms with Crippen LogP contribution in [-0.2, 0) is 6.54 Å². The van der Waals surface area contributed by atoms with Gasteiger partial charge in [0.25, 0.3) is 0 Å². The van der Waals surface area contributed by atoms with Crippen molar-refractivity contribution in [2.75, 3.05) is 6.54 Å². The Morgan fingerprint density at radius 1 is 1.22 bits per heavy atom. The quantitative estimate of drug-likeness (QED) is 0.875. The molecule has 100 valence electrons. The zero-order valence-corrected chi connectivity index (χ0v) is 10.6. The van der Waals surface area contributed by atoms with Crippen LogP contribution in [0.3, 0.4) is 0 Å². The van der Waals surface area contributed by atoms with Gasteiger partial charge in [0.05, 0.1) is 0 Å². The fourth-order valence-electron chi connectivity index (χ4n) is 2.51. The van der Waals surface area contributed by atoms with Crippen molar-refractivity contribution in [1.82, 2.24) is 4.90 Å². The second-order valence-electron chi connectivity index (χ2n) is 5.08. The van der Waals surface area contributed by atoms with Gasteiger partial charge >= 0.3 is 0 Å². The molecule has 1 unspecified atom stereocenters. The van der Waals surface area contributed by atoms with E-state index in [-0.39, 0.29) is 0 Å². The molecule has 2 nitrogen and oxygen atoms in total. The van der Waals surface area contributed by atoms with Crippen molar-refractivity contribution in [3.05, 3.63) is 29.3 Å². The van der Waals surface area contributed by atoms with E-state index >= 15 is 0 Å². The summed E-state index contributed by atoms with van der Waals surface area (Å²) < 4.78 is 26.5. The number of phenols is 1. The molecule has 1 aromatic rings. The van der Waals surface area contributed by atoms with Crippen LogP contribution in [0.15, 0.2) is 12.1 Å². The van der Waals surface area contributed by atoms with E-state index in [1.807, 2.05) is 0 Å². The first-order valence-corrected chi connectivity index (χ1v) is 6.49. The minimum absolute atomic E-state index is 0.437. The van der Waals surface area contributed by atoms with E-state index in [9.17, 15) is 8.78 Å². The van der Waals surface area contributed by atoms with E-state index in [0.29, 0.717) is 18.2 Å². The highest BCUT2D eigenvalue weighted by atomic mass is 19.1. The third-order valence-electron chi connectivity index (χ3n) is 3.65. The van der Waals surface area contributed by atoms with Gasteiger partial charge in [-0.1, -0.05) is 12.8 Å². The highest BCUT2D eigenvalue weighted by Crippen LogP contribution is 2.24. The van der Waals surface area contributed by atoms with E-state index in [4.69, 9.17) is 5.11 Å². The largest absolute Gasteiger partial charge is 0.503 e. The van der Waals surface area contributed by atoms with Crippen LogP contribution in [-0.4, -0.2) is 22.6 Å². The van der Waals surface area contributed by atoms with Crippen molar-refractivity contribution in [1.29, 1.82) is 0 Å². The molecule has 1 heterocycles. The smallest absolute Gasteiger partial charge is 0.187 e. The van der Waals surface area contributed by atoms with E-state index in [0.717, 1.165) is 19.4 Å². The number of hydrogen-bond acceptors (Lipinski definition) is 2. The first-order chi connectivity index (χ1) is 8.58. The van der Waals surface area contributed by atoms with Crippen LogP contribution in [0.5, 0.6) is 5.75 Å². The summed E-state index contributed by atoms with van der Waals surface area (Å²) in [5, 5.41) is 9.07. The van der Waals surface area contributed by atoms with Gasteiger partial charge in [-0.2, -0.15) is 0 Å². The Morgan fingerprint density at radius 3 is 2.56 bits per heavy atom. The Bertz CT molecular complexity index is 399. The number of rotatable bonds is 2. The molecule has 2 rings (SSSR count). The summed E-state index contributed by atoms with van der Waals surface area (Å²) >= 11 is 0. The molecular weight excluding hydrogens is 236 g/mol. The molecule has 0 spiro atoms. The highest BCUT2D eigenvalue weighted by Gasteiger charge is 2.18. The Balaban J connectivity index is 2.12. The van der Waals surface area contributed by atoms with Crippen LogP contribution in [0.2, 0.25) is 0 Å². The first-order valence-electron chi connectivity index (χ1n) is 6.49. The molecule has 1 atom stereocenters. The van der Waals surface area contributed by atoms with E-state index in [2.05, 4.69) is 11.8 Å². The summed E-state index contributed by atoms with van der Waals surface area (Å²) in [7, 11) is 0. The van der Waals surface area contributed by atoms with Crippen molar-refractivity contribution < 1.29 is 13.9 Å². The lowest BCUT2D eigenvalue weighted by atomic mass is 10.1. The molecule has 0 amide bonds. The number of likely N-dealkylation sites (tertiary alicyclic amines) is 1. The van der Waals surface area contributed by atoms with Crippen LogP contribution < -0.4 is 0 Å². The van der Waals surface area contributed by atoms with Gasteiger partial charge in [0.2, 0.25) is 0 Å². The molecule has 0 bridgehead atoms. The minimum Gasteiger partial charge on any atom is -0.503 e. The van der Waals surface area contributed by atoms with Crippen molar-refractivity contribution in [2.45, 2.75) is 45.2 Å². The van der Waals surface area contributed by atoms with Gasteiger partial charge < -0.3 is 5.11 Å². The highest BCUT2D eigenvalue weighted by molar-refractivity contribution is 5.30. The lowest BCUT2D eigenvalue weighted by Crippen LogP contribution is -2.32. The summed E-state index contributed by atoms with van der Waals surface area (Å²) in [6.45, 7) is 3.65. The number of phenolic OH excluding ortho intramolecular Hbond substituents is 1. The van der Waals surface area contributed by atoms with Crippen LogP contribution in [0.25, 0.3) is 0 Å². The molecule has 4 heteroatoms. The second kappa shape index (κ2) is 5.65. The number of halogens is 2. The predicted octanol–water partition coefficient (Wildman–Crippen LogP) is 3.43. The standard InChI is InChI=1S/C14H19F2NO/c1-10-5-3-2-4-6-17(10)9-11-7-12(15)14(18)13(16)8-11/h7-8,10,18H,2-6,9H2,1H3. The third-order valence-corrected chi connectivity index (χ3v) is 3.65. The maximum absolute atomic E-state index is 13.3. The summed E-state index contributed by atoms with van der Waals surface area (Å²) in [6.07, 6.45) is 4.70. The molecular formula is C14H19F2NO. The number of aromatic hydroxyl groups is 1. The molecule has 1 aliphatic heterocycles. The van der Waals surface area contributed by atoms with Gasteiger partial charge in [-0.05, 0) is 44.0 Å². The van der Waals surface area contributed by atoms with Crippen molar-refractivity contribution in [3.8, 4) is 5.75 Å². The normalized spacial score (nSPS) is 21.8. The summed E-state index contributed by atoms with van der Waals surface area (Å²) in [4.78, 5) is 2.25. The van der Waals surface area contributed by atoms with Gasteiger partial charge in [-0.15, -0.1) is 0 Å². The minimum atomic E-state index is -0.886. The van der Waals surface area contributed by atoms with Crippen LogP contribution in [0, 0.1) is 11.6 Å². The van der Waals surface area contributed by atoms with E-state index in [1.54, 1.807) is 0 Å². The van der Waals surface area contributed by atoms with Crippen molar-refractivity contribution in [3.63, 3.8) is 0 Å². The molecule has 1 saturated heterocycles. The molecule has 18 heavy (non-hydrogen) atoms. The lowest BCUT2D eigenvalue weighted by molar-refractivity contribution is 0.204. The summed E-state index contributed by atoms with van der Waals surface area (Å²) in [5.41, 5.74) is 0.580. The summed E-state index contributed by atoms with van der Waals surface area (Å²) in [5.74, 6) is -2.65. The Morgan fingerprint density at radius 2 is 1.89 bits per heavy atom. The number of nitrogens with zero attached hydrogens (tertiary/aromatic N) is 1. The average Bonchev–Trinajstić information content (AvgIpc) is 2.52. The Hall–Kier alpha value is -1.16. The lowest BCUT2D eigenvalue weighted by Gasteiger charge is -2.27. The summed E-state index contributed by atoms with van der Waals surface area (Å²) in [6, 6.07) is 2.87. The Kier molecular flexibility index (Phi) is 4.17. The molecule has 0 radical (unpaired) electrons. The fourth-order valence-corrected chi connectivity index (χ4v) is 2.51. The SMILES string of the molecule is CC1CCCCCN1Cc1cc(F)c(O)c(F)c1. The predicted molar refractivity (Wildman–Crippen MR) is 66.4 cm³/mol. The monoisotopic (exact) mass is 255 g/mol. The van der Waals surface area contributed by atoms with Gasteiger partial charge in [-0.3, -0.25) is 4.90 Å².